The highest BCUT2D eigenvalue weighted by molar-refractivity contribution is 7.80. The fourth-order valence-corrected chi connectivity index (χ4v) is 2.45. The van der Waals surface area contributed by atoms with Crippen LogP contribution in [-0.4, -0.2) is 23.5 Å². The molecule has 17 heavy (non-hydrogen) atoms. The predicted molar refractivity (Wildman–Crippen MR) is 80.5 cm³/mol. The molecule has 0 aromatic carbocycles. The van der Waals surface area contributed by atoms with E-state index in [-0.39, 0.29) is 5.41 Å². The molecule has 0 aliphatic rings. The molecule has 0 unspecified atom stereocenters. The molecule has 0 saturated carbocycles. The zero-order valence-corrected chi connectivity index (χ0v) is 12.5. The van der Waals surface area contributed by atoms with E-state index >= 15 is 0 Å². The van der Waals surface area contributed by atoms with E-state index in [0.717, 1.165) is 25.9 Å². The summed E-state index contributed by atoms with van der Waals surface area (Å²) in [5, 5.41) is 4.33. The molecule has 1 rings (SSSR count). The van der Waals surface area contributed by atoms with Crippen LogP contribution in [0.5, 0.6) is 0 Å². The maximum atomic E-state index is 5.72. The minimum Gasteiger partial charge on any atom is -0.393 e. The summed E-state index contributed by atoms with van der Waals surface area (Å²) in [6, 6.07) is 2.18. The van der Waals surface area contributed by atoms with Crippen LogP contribution in [-0.2, 0) is 6.54 Å². The van der Waals surface area contributed by atoms with Gasteiger partial charge in [0.1, 0.15) is 0 Å². The number of rotatable bonds is 7. The fraction of sp³-hybridized carbons (Fsp3) is 0.615. The first-order valence-electron chi connectivity index (χ1n) is 5.91. The lowest BCUT2D eigenvalue weighted by Crippen LogP contribution is -2.30. The van der Waals surface area contributed by atoms with Gasteiger partial charge in [-0.1, -0.05) is 26.1 Å². The summed E-state index contributed by atoms with van der Waals surface area (Å²) in [6.45, 7) is 6.35. The van der Waals surface area contributed by atoms with Crippen LogP contribution >= 0.6 is 23.6 Å². The monoisotopic (exact) mass is 270 g/mol. The van der Waals surface area contributed by atoms with Crippen LogP contribution in [0.4, 0.5) is 0 Å². The molecule has 1 heterocycles. The topological polar surface area (TPSA) is 29.3 Å². The summed E-state index contributed by atoms with van der Waals surface area (Å²) < 4.78 is 0. The summed E-state index contributed by atoms with van der Waals surface area (Å²) in [5.74, 6) is 0. The average Bonchev–Trinajstić information content (AvgIpc) is 2.69. The van der Waals surface area contributed by atoms with Crippen molar-refractivity contribution in [1.82, 2.24) is 4.90 Å². The second-order valence-corrected chi connectivity index (χ2v) is 6.44. The standard InChI is InChI=1S/C13H22N2S2/c1-13(2,12(14)16)6-4-7-15(3)9-11-5-8-17-10-11/h5,8,10H,4,6-7,9H2,1-3H3,(H2,14,16). The first-order chi connectivity index (χ1) is 7.92. The van der Waals surface area contributed by atoms with Crippen LogP contribution in [0.2, 0.25) is 0 Å². The molecule has 0 amide bonds. The first-order valence-corrected chi connectivity index (χ1v) is 7.26. The van der Waals surface area contributed by atoms with Crippen molar-refractivity contribution < 1.29 is 0 Å². The Hall–Kier alpha value is -0.450. The molecule has 1 aromatic heterocycles. The van der Waals surface area contributed by atoms with E-state index in [1.807, 2.05) is 0 Å². The molecule has 1 aromatic rings. The molecule has 0 radical (unpaired) electrons. The van der Waals surface area contributed by atoms with E-state index in [9.17, 15) is 0 Å². The molecule has 0 atom stereocenters. The Morgan fingerprint density at radius 1 is 1.53 bits per heavy atom. The maximum absolute atomic E-state index is 5.72. The van der Waals surface area contributed by atoms with Gasteiger partial charge in [0, 0.05) is 12.0 Å². The van der Waals surface area contributed by atoms with Crippen molar-refractivity contribution in [3.8, 4) is 0 Å². The van der Waals surface area contributed by atoms with Gasteiger partial charge >= 0.3 is 0 Å². The van der Waals surface area contributed by atoms with Crippen molar-refractivity contribution in [2.24, 2.45) is 11.1 Å². The van der Waals surface area contributed by atoms with Crippen molar-refractivity contribution in [3.05, 3.63) is 22.4 Å². The van der Waals surface area contributed by atoms with Crippen molar-refractivity contribution in [2.45, 2.75) is 33.2 Å². The number of hydrogen-bond acceptors (Lipinski definition) is 3. The Morgan fingerprint density at radius 2 is 2.24 bits per heavy atom. The molecule has 0 bridgehead atoms. The highest BCUT2D eigenvalue weighted by Crippen LogP contribution is 2.22. The third-order valence-electron chi connectivity index (χ3n) is 3.04. The lowest BCUT2D eigenvalue weighted by Gasteiger charge is -2.24. The highest BCUT2D eigenvalue weighted by atomic mass is 32.1. The van der Waals surface area contributed by atoms with Gasteiger partial charge in [0.2, 0.25) is 0 Å². The Labute approximate surface area is 114 Å². The molecule has 96 valence electrons. The van der Waals surface area contributed by atoms with Crippen molar-refractivity contribution in [1.29, 1.82) is 0 Å². The van der Waals surface area contributed by atoms with E-state index in [4.69, 9.17) is 18.0 Å². The third-order valence-corrected chi connectivity index (χ3v) is 4.33. The predicted octanol–water partition coefficient (Wildman–Crippen LogP) is 3.27. The van der Waals surface area contributed by atoms with Crippen LogP contribution < -0.4 is 5.73 Å². The number of thiophene rings is 1. The van der Waals surface area contributed by atoms with Crippen molar-refractivity contribution in [2.75, 3.05) is 13.6 Å². The van der Waals surface area contributed by atoms with Gasteiger partial charge < -0.3 is 10.6 Å². The summed E-state index contributed by atoms with van der Waals surface area (Å²) in [6.07, 6.45) is 2.18. The van der Waals surface area contributed by atoms with E-state index < -0.39 is 0 Å². The minimum atomic E-state index is -0.0153. The van der Waals surface area contributed by atoms with Gasteiger partial charge in [-0.2, -0.15) is 11.3 Å². The molecule has 0 aliphatic carbocycles. The number of hydrogen-bond donors (Lipinski definition) is 1. The van der Waals surface area contributed by atoms with Gasteiger partial charge in [0.15, 0.2) is 0 Å². The molecule has 0 aliphatic heterocycles. The lowest BCUT2D eigenvalue weighted by atomic mass is 9.88. The second-order valence-electron chi connectivity index (χ2n) is 5.22. The average molecular weight is 270 g/mol. The van der Waals surface area contributed by atoms with E-state index in [2.05, 4.69) is 42.6 Å². The first kappa shape index (κ1) is 14.6. The second kappa shape index (κ2) is 6.47. The molecular formula is C13H22N2S2. The Kier molecular flexibility index (Phi) is 5.56. The van der Waals surface area contributed by atoms with Crippen LogP contribution in [0.15, 0.2) is 16.8 Å². The fourth-order valence-electron chi connectivity index (χ4n) is 1.69. The number of nitrogens with two attached hydrogens (primary N) is 1. The van der Waals surface area contributed by atoms with E-state index in [1.54, 1.807) is 11.3 Å². The van der Waals surface area contributed by atoms with Crippen LogP contribution in [0.3, 0.4) is 0 Å². The number of thiocarbonyl (C=S) groups is 1. The summed E-state index contributed by atoms with van der Waals surface area (Å²) in [5.41, 5.74) is 7.10. The smallest absolute Gasteiger partial charge is 0.0784 e. The van der Waals surface area contributed by atoms with Gasteiger partial charge in [-0.3, -0.25) is 0 Å². The molecule has 4 heteroatoms. The van der Waals surface area contributed by atoms with Gasteiger partial charge in [-0.15, -0.1) is 0 Å². The zero-order chi connectivity index (χ0) is 12.9. The van der Waals surface area contributed by atoms with Gasteiger partial charge in [-0.25, -0.2) is 0 Å². The number of nitrogens with zero attached hydrogens (tertiary/aromatic N) is 1. The summed E-state index contributed by atoms with van der Waals surface area (Å²) in [7, 11) is 2.16. The van der Waals surface area contributed by atoms with E-state index in [0.29, 0.717) is 4.99 Å². The van der Waals surface area contributed by atoms with Crippen LogP contribution in [0, 0.1) is 5.41 Å². The third kappa shape index (κ3) is 5.15. The quantitative estimate of drug-likeness (QED) is 0.771. The van der Waals surface area contributed by atoms with Gasteiger partial charge in [-0.05, 0) is 48.8 Å². The van der Waals surface area contributed by atoms with Crippen LogP contribution in [0.1, 0.15) is 32.3 Å². The summed E-state index contributed by atoms with van der Waals surface area (Å²) in [4.78, 5) is 2.97. The Bertz CT molecular complexity index is 344. The Morgan fingerprint density at radius 3 is 2.76 bits per heavy atom. The van der Waals surface area contributed by atoms with E-state index in [1.165, 1.54) is 5.56 Å². The molecule has 2 N–H and O–H groups in total. The van der Waals surface area contributed by atoms with Crippen molar-refractivity contribution >= 4 is 28.5 Å². The molecule has 0 saturated heterocycles. The minimum absolute atomic E-state index is 0.0153. The van der Waals surface area contributed by atoms with Gasteiger partial charge in [0.05, 0.1) is 4.99 Å². The molecule has 0 spiro atoms. The zero-order valence-electron chi connectivity index (χ0n) is 10.9. The van der Waals surface area contributed by atoms with Crippen LogP contribution in [0.25, 0.3) is 0 Å². The Balaban J connectivity index is 2.25. The van der Waals surface area contributed by atoms with Crippen molar-refractivity contribution in [3.63, 3.8) is 0 Å². The molecule has 2 nitrogen and oxygen atoms in total. The summed E-state index contributed by atoms with van der Waals surface area (Å²) >= 11 is 6.82. The lowest BCUT2D eigenvalue weighted by molar-refractivity contribution is 0.301. The highest BCUT2D eigenvalue weighted by Gasteiger charge is 2.20. The largest absolute Gasteiger partial charge is 0.393 e. The molecular weight excluding hydrogens is 248 g/mol. The SMILES string of the molecule is CN(CCCC(C)(C)C(N)=S)Cc1ccsc1. The molecule has 0 fully saturated rings. The normalized spacial score (nSPS) is 12.0. The maximum Gasteiger partial charge on any atom is 0.0784 e. The van der Waals surface area contributed by atoms with Gasteiger partial charge in [0.25, 0.3) is 0 Å².